The maximum atomic E-state index is 13.2. The standard InChI is InChI=1S/C25H25FN2O3/c1-14-9-17(16-5-7-19(26)8-6-16)10-15(2)22(14)23-20(29)11-18(24(23)31)12-21(30)28-25(3,4)13-27/h5-10,18,23H,11-12H2,1-4H3,(H,28,30). The number of halogens is 1. The highest BCUT2D eigenvalue weighted by Gasteiger charge is 2.44. The molecule has 1 aliphatic rings. The largest absolute Gasteiger partial charge is 0.338 e. The summed E-state index contributed by atoms with van der Waals surface area (Å²) in [5.41, 5.74) is 2.99. The number of rotatable bonds is 5. The summed E-state index contributed by atoms with van der Waals surface area (Å²) < 4.78 is 13.2. The maximum absolute atomic E-state index is 13.2. The fourth-order valence-electron chi connectivity index (χ4n) is 4.22. The highest BCUT2D eigenvalue weighted by molar-refractivity contribution is 6.15. The second-order valence-electron chi connectivity index (χ2n) is 8.72. The van der Waals surface area contributed by atoms with Gasteiger partial charge in [-0.1, -0.05) is 24.3 Å². The van der Waals surface area contributed by atoms with Crippen molar-refractivity contribution >= 4 is 17.5 Å². The van der Waals surface area contributed by atoms with Gasteiger partial charge in [-0.05, 0) is 67.6 Å². The Morgan fingerprint density at radius 1 is 1.13 bits per heavy atom. The first-order chi connectivity index (χ1) is 14.5. The van der Waals surface area contributed by atoms with Crippen molar-refractivity contribution in [2.24, 2.45) is 5.92 Å². The molecule has 0 spiro atoms. The summed E-state index contributed by atoms with van der Waals surface area (Å²) in [6.45, 7) is 6.85. The molecule has 1 saturated carbocycles. The molecular weight excluding hydrogens is 395 g/mol. The minimum absolute atomic E-state index is 0.0164. The van der Waals surface area contributed by atoms with E-state index in [9.17, 15) is 18.8 Å². The maximum Gasteiger partial charge on any atom is 0.221 e. The van der Waals surface area contributed by atoms with Crippen LogP contribution in [0.5, 0.6) is 0 Å². The molecule has 2 aromatic rings. The Morgan fingerprint density at radius 2 is 1.71 bits per heavy atom. The summed E-state index contributed by atoms with van der Waals surface area (Å²) in [7, 11) is 0. The molecule has 1 amide bonds. The average molecular weight is 420 g/mol. The van der Waals surface area contributed by atoms with E-state index in [-0.39, 0.29) is 30.2 Å². The Bertz CT molecular complexity index is 1070. The summed E-state index contributed by atoms with van der Waals surface area (Å²) in [6.07, 6.45) is -0.0968. The number of ketones is 2. The number of Topliss-reactive ketones (excluding diaryl/α,β-unsaturated/α-hetero) is 2. The fraction of sp³-hybridized carbons (Fsp3) is 0.360. The molecule has 0 bridgehead atoms. The summed E-state index contributed by atoms with van der Waals surface area (Å²) in [5, 5.41) is 11.6. The number of nitrogens with one attached hydrogen (secondary N) is 1. The number of nitriles is 1. The lowest BCUT2D eigenvalue weighted by Gasteiger charge is -2.19. The van der Waals surface area contributed by atoms with Crippen LogP contribution < -0.4 is 5.32 Å². The summed E-state index contributed by atoms with van der Waals surface area (Å²) in [6, 6.07) is 11.9. The van der Waals surface area contributed by atoms with Crippen LogP contribution in [-0.2, 0) is 14.4 Å². The van der Waals surface area contributed by atoms with Crippen molar-refractivity contribution in [3.8, 4) is 17.2 Å². The molecule has 3 rings (SSSR count). The quantitative estimate of drug-likeness (QED) is 0.736. The number of hydrogen-bond acceptors (Lipinski definition) is 4. The van der Waals surface area contributed by atoms with Crippen LogP contribution in [0.4, 0.5) is 4.39 Å². The summed E-state index contributed by atoms with van der Waals surface area (Å²) in [5.74, 6) is -2.76. The van der Waals surface area contributed by atoms with E-state index in [0.29, 0.717) is 5.56 Å². The van der Waals surface area contributed by atoms with E-state index in [2.05, 4.69) is 5.32 Å². The van der Waals surface area contributed by atoms with E-state index in [1.54, 1.807) is 26.0 Å². The van der Waals surface area contributed by atoms with Gasteiger partial charge in [0.15, 0.2) is 5.78 Å². The van der Waals surface area contributed by atoms with Gasteiger partial charge in [0.05, 0.1) is 6.07 Å². The van der Waals surface area contributed by atoms with E-state index in [0.717, 1.165) is 22.3 Å². The van der Waals surface area contributed by atoms with Gasteiger partial charge in [-0.3, -0.25) is 14.4 Å². The molecule has 0 saturated heterocycles. The Hall–Kier alpha value is -3.33. The third-order valence-corrected chi connectivity index (χ3v) is 5.68. The van der Waals surface area contributed by atoms with Crippen molar-refractivity contribution in [1.29, 1.82) is 5.26 Å². The van der Waals surface area contributed by atoms with Crippen molar-refractivity contribution in [2.75, 3.05) is 0 Å². The van der Waals surface area contributed by atoms with Gasteiger partial charge in [-0.25, -0.2) is 4.39 Å². The molecule has 0 heterocycles. The summed E-state index contributed by atoms with van der Waals surface area (Å²) in [4.78, 5) is 38.1. The van der Waals surface area contributed by atoms with Gasteiger partial charge in [0.25, 0.3) is 0 Å². The van der Waals surface area contributed by atoms with Gasteiger partial charge >= 0.3 is 0 Å². The SMILES string of the molecule is Cc1cc(-c2ccc(F)cc2)cc(C)c1C1C(=O)CC(CC(=O)NC(C)(C)C#N)C1=O. The van der Waals surface area contributed by atoms with Crippen molar-refractivity contribution in [2.45, 2.75) is 52.0 Å². The number of aryl methyl sites for hydroxylation is 2. The molecule has 160 valence electrons. The van der Waals surface area contributed by atoms with Crippen LogP contribution in [0.3, 0.4) is 0 Å². The topological polar surface area (TPSA) is 87.0 Å². The van der Waals surface area contributed by atoms with Crippen molar-refractivity contribution in [1.82, 2.24) is 5.32 Å². The smallest absolute Gasteiger partial charge is 0.221 e. The van der Waals surface area contributed by atoms with Crippen LogP contribution in [0.15, 0.2) is 36.4 Å². The highest BCUT2D eigenvalue weighted by Crippen LogP contribution is 2.38. The van der Waals surface area contributed by atoms with Gasteiger partial charge < -0.3 is 5.32 Å². The van der Waals surface area contributed by atoms with Gasteiger partial charge in [-0.2, -0.15) is 5.26 Å². The van der Waals surface area contributed by atoms with Crippen LogP contribution in [0.1, 0.15) is 49.3 Å². The first-order valence-corrected chi connectivity index (χ1v) is 10.2. The van der Waals surface area contributed by atoms with Gasteiger partial charge in [0, 0.05) is 18.8 Å². The minimum atomic E-state index is -1.04. The Kier molecular flexibility index (Phi) is 6.08. The predicted octanol–water partition coefficient (Wildman–Crippen LogP) is 4.16. The van der Waals surface area contributed by atoms with E-state index >= 15 is 0 Å². The van der Waals surface area contributed by atoms with Crippen LogP contribution in [0, 0.1) is 36.9 Å². The lowest BCUT2D eigenvalue weighted by molar-refractivity contribution is -0.129. The monoisotopic (exact) mass is 420 g/mol. The fourth-order valence-corrected chi connectivity index (χ4v) is 4.22. The van der Waals surface area contributed by atoms with E-state index in [4.69, 9.17) is 5.26 Å². The van der Waals surface area contributed by atoms with Crippen LogP contribution in [0.2, 0.25) is 0 Å². The number of nitrogens with zero attached hydrogens (tertiary/aromatic N) is 1. The number of amides is 1. The van der Waals surface area contributed by atoms with Gasteiger partial charge in [-0.15, -0.1) is 0 Å². The van der Waals surface area contributed by atoms with E-state index < -0.39 is 23.3 Å². The second kappa shape index (κ2) is 8.43. The minimum Gasteiger partial charge on any atom is -0.338 e. The molecular formula is C25H25FN2O3. The molecule has 5 nitrogen and oxygen atoms in total. The molecule has 1 N–H and O–H groups in total. The lowest BCUT2D eigenvalue weighted by Crippen LogP contribution is -2.43. The second-order valence-corrected chi connectivity index (χ2v) is 8.72. The molecule has 0 aromatic heterocycles. The van der Waals surface area contributed by atoms with Gasteiger partial charge in [0.1, 0.15) is 23.1 Å². The van der Waals surface area contributed by atoms with Crippen LogP contribution in [0.25, 0.3) is 11.1 Å². The van der Waals surface area contributed by atoms with Crippen molar-refractivity contribution in [3.63, 3.8) is 0 Å². The molecule has 1 fully saturated rings. The number of carbonyl (C=O) groups excluding carboxylic acids is 3. The summed E-state index contributed by atoms with van der Waals surface area (Å²) >= 11 is 0. The molecule has 31 heavy (non-hydrogen) atoms. The average Bonchev–Trinajstić information content (AvgIpc) is 2.95. The third kappa shape index (κ3) is 4.72. The number of benzene rings is 2. The Morgan fingerprint density at radius 3 is 2.26 bits per heavy atom. The molecule has 0 aliphatic heterocycles. The van der Waals surface area contributed by atoms with E-state index in [1.807, 2.05) is 32.0 Å². The highest BCUT2D eigenvalue weighted by atomic mass is 19.1. The lowest BCUT2D eigenvalue weighted by atomic mass is 9.85. The molecule has 2 atom stereocenters. The Labute approximate surface area is 181 Å². The zero-order valence-corrected chi connectivity index (χ0v) is 18.1. The van der Waals surface area contributed by atoms with Crippen LogP contribution >= 0.6 is 0 Å². The molecule has 2 aromatic carbocycles. The predicted molar refractivity (Wildman–Crippen MR) is 115 cm³/mol. The molecule has 6 heteroatoms. The zero-order chi connectivity index (χ0) is 22.9. The van der Waals surface area contributed by atoms with Crippen molar-refractivity contribution in [3.05, 3.63) is 58.9 Å². The molecule has 0 radical (unpaired) electrons. The Balaban J connectivity index is 1.85. The first kappa shape index (κ1) is 22.4. The normalized spacial score (nSPS) is 18.7. The molecule has 1 aliphatic carbocycles. The number of carbonyl (C=O) groups is 3. The zero-order valence-electron chi connectivity index (χ0n) is 18.1. The first-order valence-electron chi connectivity index (χ1n) is 10.2. The molecule has 2 unspecified atom stereocenters. The third-order valence-electron chi connectivity index (χ3n) is 5.68. The van der Waals surface area contributed by atoms with Crippen molar-refractivity contribution < 1.29 is 18.8 Å². The van der Waals surface area contributed by atoms with Gasteiger partial charge in [0.2, 0.25) is 5.91 Å². The number of hydrogen-bond donors (Lipinski definition) is 1. The van der Waals surface area contributed by atoms with Crippen LogP contribution in [-0.4, -0.2) is 23.0 Å². The van der Waals surface area contributed by atoms with E-state index in [1.165, 1.54) is 12.1 Å².